The van der Waals surface area contributed by atoms with Gasteiger partial charge in [0.25, 0.3) is 0 Å². The van der Waals surface area contributed by atoms with Crippen molar-refractivity contribution in [2.75, 3.05) is 27.2 Å². The van der Waals surface area contributed by atoms with Gasteiger partial charge in [-0.25, -0.2) is 8.78 Å². The third-order valence-electron chi connectivity index (χ3n) is 3.54. The fourth-order valence-corrected chi connectivity index (χ4v) is 2.44. The molecular weight excluding hydrogens is 222 g/mol. The van der Waals surface area contributed by atoms with Crippen molar-refractivity contribution in [2.24, 2.45) is 11.8 Å². The first-order chi connectivity index (χ1) is 7.80. The Morgan fingerprint density at radius 3 is 2.41 bits per heavy atom. The summed E-state index contributed by atoms with van der Waals surface area (Å²) in [5.74, 6) is -1.74. The summed E-state index contributed by atoms with van der Waals surface area (Å²) >= 11 is 0. The van der Waals surface area contributed by atoms with E-state index in [-0.39, 0.29) is 18.8 Å². The molecule has 0 aliphatic heterocycles. The molecule has 2 atom stereocenters. The zero-order chi connectivity index (χ0) is 13.1. The van der Waals surface area contributed by atoms with Gasteiger partial charge in [0.1, 0.15) is 0 Å². The van der Waals surface area contributed by atoms with Gasteiger partial charge in [0.15, 0.2) is 0 Å². The maximum atomic E-state index is 13.1. The second kappa shape index (κ2) is 6.10. The van der Waals surface area contributed by atoms with Crippen LogP contribution in [0.4, 0.5) is 8.78 Å². The lowest BCUT2D eigenvalue weighted by Gasteiger charge is -2.27. The van der Waals surface area contributed by atoms with Gasteiger partial charge >= 0.3 is 0 Å². The third kappa shape index (κ3) is 5.30. The highest BCUT2D eigenvalue weighted by Gasteiger charge is 2.39. The Kier molecular flexibility index (Phi) is 5.32. The molecule has 1 saturated carbocycles. The fraction of sp³-hybridized carbons (Fsp3) is 1.00. The van der Waals surface area contributed by atoms with E-state index in [4.69, 9.17) is 0 Å². The predicted molar refractivity (Wildman–Crippen MR) is 67.5 cm³/mol. The largest absolute Gasteiger partial charge is 0.312 e. The van der Waals surface area contributed by atoms with Crippen LogP contribution in [0, 0.1) is 11.8 Å². The molecule has 0 saturated heterocycles. The molecule has 0 aromatic rings. The first-order valence-electron chi connectivity index (χ1n) is 6.56. The second-order valence-electron chi connectivity index (χ2n) is 5.99. The first-order valence-corrected chi connectivity index (χ1v) is 6.56. The van der Waals surface area contributed by atoms with Crippen LogP contribution in [0.5, 0.6) is 0 Å². The van der Waals surface area contributed by atoms with Crippen molar-refractivity contribution in [3.05, 3.63) is 0 Å². The molecule has 1 aliphatic carbocycles. The molecule has 0 radical (unpaired) electrons. The van der Waals surface area contributed by atoms with Crippen LogP contribution in [0.25, 0.3) is 0 Å². The lowest BCUT2D eigenvalue weighted by molar-refractivity contribution is 0.00490. The minimum Gasteiger partial charge on any atom is -0.312 e. The maximum Gasteiger partial charge on any atom is 0.248 e. The van der Waals surface area contributed by atoms with Crippen molar-refractivity contribution >= 4 is 0 Å². The SMILES string of the molecule is CC(C)C(CN(C)C)NCC1CCC(F)(F)C1. The standard InChI is InChI=1S/C13H26F2N2/c1-10(2)12(9-17(3)4)16-8-11-5-6-13(14,15)7-11/h10-12,16H,5-9H2,1-4H3. The summed E-state index contributed by atoms with van der Waals surface area (Å²) in [5.41, 5.74) is 0. The molecule has 1 rings (SSSR count). The van der Waals surface area contributed by atoms with Crippen LogP contribution in [0.15, 0.2) is 0 Å². The smallest absolute Gasteiger partial charge is 0.248 e. The van der Waals surface area contributed by atoms with E-state index in [0.717, 1.165) is 13.1 Å². The van der Waals surface area contributed by atoms with Crippen LogP contribution in [-0.4, -0.2) is 44.0 Å². The van der Waals surface area contributed by atoms with Crippen molar-refractivity contribution in [3.8, 4) is 0 Å². The van der Waals surface area contributed by atoms with E-state index in [9.17, 15) is 8.78 Å². The Balaban J connectivity index is 2.32. The van der Waals surface area contributed by atoms with E-state index in [0.29, 0.717) is 18.4 Å². The lowest BCUT2D eigenvalue weighted by atomic mass is 10.0. The second-order valence-corrected chi connectivity index (χ2v) is 5.99. The topological polar surface area (TPSA) is 15.3 Å². The van der Waals surface area contributed by atoms with E-state index < -0.39 is 5.92 Å². The van der Waals surface area contributed by atoms with Gasteiger partial charge in [-0.05, 0) is 38.9 Å². The summed E-state index contributed by atoms with van der Waals surface area (Å²) < 4.78 is 26.1. The highest BCUT2D eigenvalue weighted by molar-refractivity contribution is 4.84. The Morgan fingerprint density at radius 1 is 1.35 bits per heavy atom. The molecule has 102 valence electrons. The maximum absolute atomic E-state index is 13.1. The van der Waals surface area contributed by atoms with Gasteiger partial charge in [0.2, 0.25) is 5.92 Å². The van der Waals surface area contributed by atoms with Gasteiger partial charge in [0, 0.05) is 25.4 Å². The number of rotatable bonds is 6. The van der Waals surface area contributed by atoms with E-state index in [1.807, 2.05) is 14.1 Å². The predicted octanol–water partition coefficient (Wildman–Crippen LogP) is 2.60. The highest BCUT2D eigenvalue weighted by Crippen LogP contribution is 2.38. The van der Waals surface area contributed by atoms with Crippen LogP contribution in [0.3, 0.4) is 0 Å². The van der Waals surface area contributed by atoms with Gasteiger partial charge in [-0.1, -0.05) is 13.8 Å². The summed E-state index contributed by atoms with van der Waals surface area (Å²) in [4.78, 5) is 2.14. The Morgan fingerprint density at radius 2 is 2.00 bits per heavy atom. The Labute approximate surface area is 104 Å². The molecule has 4 heteroatoms. The highest BCUT2D eigenvalue weighted by atomic mass is 19.3. The summed E-state index contributed by atoms with van der Waals surface area (Å²) in [6.07, 6.45) is 0.791. The van der Waals surface area contributed by atoms with Crippen molar-refractivity contribution < 1.29 is 8.78 Å². The van der Waals surface area contributed by atoms with Gasteiger partial charge in [-0.3, -0.25) is 0 Å². The van der Waals surface area contributed by atoms with Crippen molar-refractivity contribution in [1.82, 2.24) is 10.2 Å². The van der Waals surface area contributed by atoms with Gasteiger partial charge in [0.05, 0.1) is 0 Å². The quantitative estimate of drug-likeness (QED) is 0.777. The molecule has 0 spiro atoms. The van der Waals surface area contributed by atoms with Crippen molar-refractivity contribution in [3.63, 3.8) is 0 Å². The first kappa shape index (κ1) is 14.8. The van der Waals surface area contributed by atoms with E-state index in [1.165, 1.54) is 0 Å². The summed E-state index contributed by atoms with van der Waals surface area (Å²) in [7, 11) is 4.08. The van der Waals surface area contributed by atoms with Crippen LogP contribution in [-0.2, 0) is 0 Å². The molecule has 2 nitrogen and oxygen atoms in total. The molecule has 1 aliphatic rings. The zero-order valence-electron chi connectivity index (χ0n) is 11.5. The van der Waals surface area contributed by atoms with Crippen LogP contribution in [0.2, 0.25) is 0 Å². The van der Waals surface area contributed by atoms with Gasteiger partial charge < -0.3 is 10.2 Å². The van der Waals surface area contributed by atoms with Crippen molar-refractivity contribution in [1.29, 1.82) is 0 Å². The number of hydrogen-bond acceptors (Lipinski definition) is 2. The normalized spacial score (nSPS) is 25.8. The van der Waals surface area contributed by atoms with Gasteiger partial charge in [-0.2, -0.15) is 0 Å². The average Bonchev–Trinajstić information content (AvgIpc) is 2.52. The van der Waals surface area contributed by atoms with Crippen LogP contribution in [0.1, 0.15) is 33.1 Å². The van der Waals surface area contributed by atoms with Crippen LogP contribution >= 0.6 is 0 Å². The minimum atomic E-state index is -2.42. The van der Waals surface area contributed by atoms with Gasteiger partial charge in [-0.15, -0.1) is 0 Å². The van der Waals surface area contributed by atoms with E-state index in [2.05, 4.69) is 24.1 Å². The molecular formula is C13H26F2N2. The number of halogens is 2. The molecule has 2 unspecified atom stereocenters. The summed E-state index contributed by atoms with van der Waals surface area (Å²) in [6, 6.07) is 0.388. The molecule has 17 heavy (non-hydrogen) atoms. The molecule has 1 N–H and O–H groups in total. The average molecular weight is 248 g/mol. The summed E-state index contributed by atoms with van der Waals surface area (Å²) in [5, 5.41) is 3.46. The third-order valence-corrected chi connectivity index (χ3v) is 3.54. The molecule has 0 aromatic carbocycles. The molecule has 0 amide bonds. The van der Waals surface area contributed by atoms with E-state index >= 15 is 0 Å². The minimum absolute atomic E-state index is 0.0623. The molecule has 0 aromatic heterocycles. The summed E-state index contributed by atoms with van der Waals surface area (Å²) in [6.45, 7) is 6.03. The number of nitrogens with zero attached hydrogens (tertiary/aromatic N) is 1. The molecule has 0 bridgehead atoms. The fourth-order valence-electron chi connectivity index (χ4n) is 2.44. The lowest BCUT2D eigenvalue weighted by Crippen LogP contribution is -2.43. The monoisotopic (exact) mass is 248 g/mol. The number of nitrogens with one attached hydrogen (secondary N) is 1. The van der Waals surface area contributed by atoms with E-state index in [1.54, 1.807) is 0 Å². The number of likely N-dealkylation sites (N-methyl/N-ethyl adjacent to an activating group) is 1. The molecule has 1 fully saturated rings. The Bertz CT molecular complexity index is 229. The number of alkyl halides is 2. The molecule has 0 heterocycles. The zero-order valence-corrected chi connectivity index (χ0v) is 11.5. The van der Waals surface area contributed by atoms with Crippen molar-refractivity contribution in [2.45, 2.75) is 45.1 Å². The Hall–Kier alpha value is -0.220. The van der Waals surface area contributed by atoms with Crippen LogP contribution < -0.4 is 5.32 Å². The number of hydrogen-bond donors (Lipinski definition) is 1.